The van der Waals surface area contributed by atoms with Crippen molar-refractivity contribution in [2.24, 2.45) is 5.92 Å². The van der Waals surface area contributed by atoms with Crippen molar-refractivity contribution in [1.82, 2.24) is 12.9 Å². The summed E-state index contributed by atoms with van der Waals surface area (Å²) in [6.45, 7) is 11.0. The van der Waals surface area contributed by atoms with Crippen molar-refractivity contribution < 1.29 is 0 Å². The van der Waals surface area contributed by atoms with Gasteiger partial charge in [-0.1, -0.05) is 6.92 Å². The molecule has 0 aromatic carbocycles. The van der Waals surface area contributed by atoms with E-state index in [2.05, 4.69) is 56.7 Å². The summed E-state index contributed by atoms with van der Waals surface area (Å²) in [6, 6.07) is 1.55. The van der Waals surface area contributed by atoms with Crippen molar-refractivity contribution in [3.05, 3.63) is 0 Å². The molecule has 2 aliphatic heterocycles. The fourth-order valence-corrected chi connectivity index (χ4v) is 3.78. The van der Waals surface area contributed by atoms with Gasteiger partial charge in [-0.15, -0.1) is 0 Å². The predicted octanol–water partition coefficient (Wildman–Crippen LogP) is 1.68. The van der Waals surface area contributed by atoms with E-state index in [4.69, 9.17) is 0 Å². The molecule has 0 N–H and O–H groups in total. The molecule has 2 aliphatic rings. The number of halogens is 1. The lowest BCUT2D eigenvalue weighted by molar-refractivity contribution is 0.0448. The van der Waals surface area contributed by atoms with Gasteiger partial charge in [0.15, 0.2) is 0 Å². The van der Waals surface area contributed by atoms with Gasteiger partial charge in [-0.3, -0.25) is 4.90 Å². The Hall–Kier alpha value is 0.610. The van der Waals surface area contributed by atoms with E-state index in [0.717, 1.165) is 18.0 Å². The molecule has 16 heavy (non-hydrogen) atoms. The summed E-state index contributed by atoms with van der Waals surface area (Å²) >= 11 is 2.49. The smallest absolute Gasteiger partial charge is 0.0204 e. The molecule has 0 aliphatic carbocycles. The second-order valence-corrected chi connectivity index (χ2v) is 6.79. The summed E-state index contributed by atoms with van der Waals surface area (Å²) in [4.78, 5) is 5.17. The topological polar surface area (TPSA) is 9.72 Å². The molecule has 0 bridgehead atoms. The number of piperidine rings is 1. The van der Waals surface area contributed by atoms with E-state index in [0.29, 0.717) is 0 Å². The van der Waals surface area contributed by atoms with Crippen LogP contribution >= 0.6 is 22.9 Å². The molecule has 2 saturated heterocycles. The van der Waals surface area contributed by atoms with Crippen LogP contribution in [0.15, 0.2) is 0 Å². The lowest BCUT2D eigenvalue weighted by atomic mass is 9.89. The molecule has 0 amide bonds. The fourth-order valence-electron chi connectivity index (χ4n) is 2.94. The maximum absolute atomic E-state index is 2.73. The molecule has 2 fully saturated rings. The van der Waals surface area contributed by atoms with E-state index in [-0.39, 0.29) is 0 Å². The highest BCUT2D eigenvalue weighted by Gasteiger charge is 2.34. The van der Waals surface area contributed by atoms with E-state index >= 15 is 0 Å². The zero-order valence-corrected chi connectivity index (χ0v) is 12.9. The van der Waals surface area contributed by atoms with Gasteiger partial charge in [0.2, 0.25) is 0 Å². The Balaban J connectivity index is 1.93. The monoisotopic (exact) mass is 337 g/mol. The average molecular weight is 337 g/mol. The Kier molecular flexibility index (Phi) is 4.49. The van der Waals surface area contributed by atoms with Crippen LogP contribution in [0.1, 0.15) is 20.3 Å². The van der Waals surface area contributed by atoms with Crippen LogP contribution in [0.4, 0.5) is 0 Å². The van der Waals surface area contributed by atoms with Gasteiger partial charge in [0.25, 0.3) is 0 Å². The van der Waals surface area contributed by atoms with Crippen molar-refractivity contribution in [3.8, 4) is 0 Å². The molecule has 0 saturated carbocycles. The number of likely N-dealkylation sites (N-methyl/N-ethyl adjacent to an activating group) is 1. The quantitative estimate of drug-likeness (QED) is 0.533. The third-order valence-corrected chi connectivity index (χ3v) is 5.53. The number of piperazine rings is 1. The van der Waals surface area contributed by atoms with Crippen molar-refractivity contribution in [2.75, 3.05) is 39.8 Å². The fraction of sp³-hybridized carbons (Fsp3) is 1.00. The van der Waals surface area contributed by atoms with E-state index < -0.39 is 0 Å². The Morgan fingerprint density at radius 2 is 1.69 bits per heavy atom. The SMILES string of the molecule is C[C@@H]1CN(I)[C@@H](C)CC1N1CCN(C)CC1. The molecule has 2 heterocycles. The third kappa shape index (κ3) is 2.89. The minimum Gasteiger partial charge on any atom is -0.304 e. The summed E-state index contributed by atoms with van der Waals surface area (Å²) in [5, 5.41) is 0. The van der Waals surface area contributed by atoms with Gasteiger partial charge >= 0.3 is 0 Å². The summed E-state index contributed by atoms with van der Waals surface area (Å²) in [5.41, 5.74) is 0. The zero-order valence-electron chi connectivity index (χ0n) is 10.7. The third-order valence-electron chi connectivity index (χ3n) is 4.19. The standard InChI is InChI=1S/C12H24IN3/c1-10-9-16(13)11(2)8-12(10)15-6-4-14(3)5-7-15/h10-12H,4-9H2,1-3H3/t10-,11+,12?/m1/s1. The number of nitrogens with zero attached hydrogens (tertiary/aromatic N) is 3. The van der Waals surface area contributed by atoms with E-state index in [1.54, 1.807) is 0 Å². The van der Waals surface area contributed by atoms with Crippen LogP contribution in [-0.4, -0.2) is 64.8 Å². The van der Waals surface area contributed by atoms with Crippen LogP contribution in [0.5, 0.6) is 0 Å². The van der Waals surface area contributed by atoms with Gasteiger partial charge < -0.3 is 4.90 Å². The highest BCUT2D eigenvalue weighted by atomic mass is 127. The van der Waals surface area contributed by atoms with Gasteiger partial charge in [-0.25, -0.2) is 3.11 Å². The van der Waals surface area contributed by atoms with Crippen LogP contribution in [0.3, 0.4) is 0 Å². The summed E-state index contributed by atoms with van der Waals surface area (Å²) in [5.74, 6) is 0.816. The summed E-state index contributed by atoms with van der Waals surface area (Å²) in [6.07, 6.45) is 1.34. The molecule has 2 rings (SSSR count). The first-order chi connectivity index (χ1) is 7.58. The Labute approximate surface area is 114 Å². The predicted molar refractivity (Wildman–Crippen MR) is 76.8 cm³/mol. The van der Waals surface area contributed by atoms with Gasteiger partial charge in [-0.2, -0.15) is 0 Å². The molecule has 3 atom stereocenters. The maximum atomic E-state index is 2.73. The van der Waals surface area contributed by atoms with Crippen molar-refractivity contribution in [2.45, 2.75) is 32.4 Å². The first-order valence-corrected chi connectivity index (χ1v) is 7.39. The number of hydrogen-bond donors (Lipinski definition) is 0. The molecule has 1 unspecified atom stereocenters. The molecular formula is C12H24IN3. The largest absolute Gasteiger partial charge is 0.304 e. The zero-order chi connectivity index (χ0) is 11.7. The summed E-state index contributed by atoms with van der Waals surface area (Å²) < 4.78 is 2.48. The Morgan fingerprint density at radius 3 is 2.31 bits per heavy atom. The minimum absolute atomic E-state index is 0.737. The first kappa shape index (κ1) is 13.1. The molecule has 0 aromatic heterocycles. The number of hydrogen-bond acceptors (Lipinski definition) is 3. The highest BCUT2D eigenvalue weighted by Crippen LogP contribution is 2.29. The van der Waals surface area contributed by atoms with Crippen molar-refractivity contribution >= 4 is 22.9 Å². The van der Waals surface area contributed by atoms with E-state index in [1.807, 2.05) is 0 Å². The van der Waals surface area contributed by atoms with E-state index in [9.17, 15) is 0 Å². The molecule has 0 spiro atoms. The van der Waals surface area contributed by atoms with Crippen molar-refractivity contribution in [1.29, 1.82) is 0 Å². The average Bonchev–Trinajstić information content (AvgIpc) is 2.25. The lowest BCUT2D eigenvalue weighted by Crippen LogP contribution is -2.56. The maximum Gasteiger partial charge on any atom is 0.0204 e. The molecule has 3 nitrogen and oxygen atoms in total. The van der Waals surface area contributed by atoms with Gasteiger partial charge in [-0.05, 0) is 26.3 Å². The molecule has 94 valence electrons. The Morgan fingerprint density at radius 1 is 1.06 bits per heavy atom. The molecule has 0 aromatic rings. The molecular weight excluding hydrogens is 313 g/mol. The van der Waals surface area contributed by atoms with Crippen LogP contribution < -0.4 is 0 Å². The minimum atomic E-state index is 0.737. The lowest BCUT2D eigenvalue weighted by Gasteiger charge is -2.46. The van der Waals surface area contributed by atoms with Gasteiger partial charge in [0, 0.05) is 67.7 Å². The van der Waals surface area contributed by atoms with Crippen LogP contribution in [0.25, 0.3) is 0 Å². The Bertz CT molecular complexity index is 228. The van der Waals surface area contributed by atoms with Crippen LogP contribution in [0.2, 0.25) is 0 Å². The normalized spacial score (nSPS) is 40.1. The number of rotatable bonds is 1. The second-order valence-electron chi connectivity index (χ2n) is 5.55. The van der Waals surface area contributed by atoms with E-state index in [1.165, 1.54) is 39.1 Å². The van der Waals surface area contributed by atoms with Crippen LogP contribution in [-0.2, 0) is 0 Å². The molecule has 4 heteroatoms. The van der Waals surface area contributed by atoms with Crippen LogP contribution in [0, 0.1) is 5.92 Å². The van der Waals surface area contributed by atoms with Gasteiger partial charge in [0.1, 0.15) is 0 Å². The first-order valence-electron chi connectivity index (χ1n) is 6.43. The van der Waals surface area contributed by atoms with Crippen molar-refractivity contribution in [3.63, 3.8) is 0 Å². The molecule has 0 radical (unpaired) electrons. The summed E-state index contributed by atoms with van der Waals surface area (Å²) in [7, 11) is 2.23. The highest BCUT2D eigenvalue weighted by molar-refractivity contribution is 14.1. The van der Waals surface area contributed by atoms with Gasteiger partial charge in [0.05, 0.1) is 0 Å². The second kappa shape index (κ2) is 5.50.